The number of carbonyl (C=O) groups excluding carboxylic acids is 2. The molecule has 0 unspecified atom stereocenters. The number of benzene rings is 1. The summed E-state index contributed by atoms with van der Waals surface area (Å²) in [4.78, 5) is 31.6. The summed E-state index contributed by atoms with van der Waals surface area (Å²) in [6.45, 7) is 4.86. The zero-order chi connectivity index (χ0) is 19.6. The highest BCUT2D eigenvalue weighted by atomic mass is 16.5. The van der Waals surface area contributed by atoms with Gasteiger partial charge in [-0.25, -0.2) is 14.6 Å². The lowest BCUT2D eigenvalue weighted by Crippen LogP contribution is -2.25. The Balaban J connectivity index is 1.85. The molecule has 0 fully saturated rings. The van der Waals surface area contributed by atoms with E-state index in [1.54, 1.807) is 6.07 Å². The van der Waals surface area contributed by atoms with Gasteiger partial charge >= 0.3 is 12.1 Å². The van der Waals surface area contributed by atoms with E-state index in [1.165, 1.54) is 7.11 Å². The van der Waals surface area contributed by atoms with Crippen LogP contribution in [0.5, 0.6) is 0 Å². The second-order valence-corrected chi connectivity index (χ2v) is 5.86. The van der Waals surface area contributed by atoms with E-state index >= 15 is 0 Å². The molecule has 0 aliphatic heterocycles. The molecule has 0 aliphatic rings. The van der Waals surface area contributed by atoms with Gasteiger partial charge in [0.1, 0.15) is 5.82 Å². The van der Waals surface area contributed by atoms with Gasteiger partial charge in [-0.2, -0.15) is 4.98 Å². The minimum absolute atomic E-state index is 0.204. The van der Waals surface area contributed by atoms with Gasteiger partial charge in [-0.1, -0.05) is 17.7 Å². The van der Waals surface area contributed by atoms with Crippen molar-refractivity contribution in [3.05, 3.63) is 41.6 Å². The van der Waals surface area contributed by atoms with E-state index in [0.29, 0.717) is 36.7 Å². The van der Waals surface area contributed by atoms with Crippen LogP contribution in [0.2, 0.25) is 0 Å². The maximum absolute atomic E-state index is 12.1. The van der Waals surface area contributed by atoms with E-state index in [9.17, 15) is 9.59 Å². The molecule has 1 aromatic heterocycles. The number of aryl methyl sites for hydroxylation is 2. The van der Waals surface area contributed by atoms with Gasteiger partial charge in [0.25, 0.3) is 0 Å². The molecule has 0 atom stereocenters. The standard InChI is InChI=1S/C18H24N6O3/c1-12-5-7-14(8-6-12)22-17(25)24-16-21-13(2)11-15(23-16)19-9-4-10-20-18(26)27-3/h5-8,11H,4,9-10H2,1-3H3,(H,20,26)(H3,19,21,22,23,24,25). The Labute approximate surface area is 157 Å². The van der Waals surface area contributed by atoms with Crippen molar-refractivity contribution in [2.45, 2.75) is 20.3 Å². The number of anilines is 3. The van der Waals surface area contributed by atoms with E-state index in [0.717, 1.165) is 5.56 Å². The van der Waals surface area contributed by atoms with Crippen molar-refractivity contribution < 1.29 is 14.3 Å². The number of alkyl carbamates (subject to hydrolysis) is 1. The Kier molecular flexibility index (Phi) is 7.36. The van der Waals surface area contributed by atoms with E-state index in [-0.39, 0.29) is 5.95 Å². The molecular formula is C18H24N6O3. The Hall–Kier alpha value is -3.36. The number of ether oxygens (including phenoxy) is 1. The van der Waals surface area contributed by atoms with Crippen LogP contribution in [0, 0.1) is 13.8 Å². The number of urea groups is 1. The number of hydrogen-bond acceptors (Lipinski definition) is 6. The Morgan fingerprint density at radius 1 is 1.04 bits per heavy atom. The third-order valence-electron chi connectivity index (χ3n) is 3.50. The number of nitrogens with one attached hydrogen (secondary N) is 4. The fourth-order valence-corrected chi connectivity index (χ4v) is 2.18. The third-order valence-corrected chi connectivity index (χ3v) is 3.50. The van der Waals surface area contributed by atoms with Crippen molar-refractivity contribution in [2.75, 3.05) is 36.1 Å². The molecule has 1 aromatic carbocycles. The number of rotatable bonds is 7. The van der Waals surface area contributed by atoms with Crippen LogP contribution in [0.1, 0.15) is 17.7 Å². The predicted octanol–water partition coefficient (Wildman–Crippen LogP) is 2.90. The fraction of sp³-hybridized carbons (Fsp3) is 0.333. The van der Waals surface area contributed by atoms with Crippen molar-refractivity contribution in [1.29, 1.82) is 0 Å². The number of hydrogen-bond donors (Lipinski definition) is 4. The molecule has 0 saturated heterocycles. The van der Waals surface area contributed by atoms with Gasteiger partial charge in [-0.3, -0.25) is 5.32 Å². The summed E-state index contributed by atoms with van der Waals surface area (Å²) in [6, 6.07) is 8.82. The van der Waals surface area contributed by atoms with Crippen molar-refractivity contribution >= 4 is 29.6 Å². The van der Waals surface area contributed by atoms with Crippen LogP contribution in [0.15, 0.2) is 30.3 Å². The first-order valence-corrected chi connectivity index (χ1v) is 8.52. The highest BCUT2D eigenvalue weighted by molar-refractivity contribution is 5.98. The quantitative estimate of drug-likeness (QED) is 0.555. The van der Waals surface area contributed by atoms with Crippen LogP contribution in [-0.4, -0.2) is 42.3 Å². The molecule has 144 valence electrons. The van der Waals surface area contributed by atoms with Gasteiger partial charge < -0.3 is 20.7 Å². The normalized spacial score (nSPS) is 10.0. The van der Waals surface area contributed by atoms with Crippen LogP contribution >= 0.6 is 0 Å². The fourth-order valence-electron chi connectivity index (χ4n) is 2.18. The minimum Gasteiger partial charge on any atom is -0.453 e. The van der Waals surface area contributed by atoms with Gasteiger partial charge in [0.05, 0.1) is 7.11 Å². The molecule has 0 aliphatic carbocycles. The molecule has 0 radical (unpaired) electrons. The summed E-state index contributed by atoms with van der Waals surface area (Å²) in [5.41, 5.74) is 2.51. The minimum atomic E-state index is -0.459. The maximum atomic E-state index is 12.1. The average molecular weight is 372 g/mol. The molecule has 4 N–H and O–H groups in total. The first-order valence-electron chi connectivity index (χ1n) is 8.52. The van der Waals surface area contributed by atoms with Crippen molar-refractivity contribution in [1.82, 2.24) is 15.3 Å². The Morgan fingerprint density at radius 2 is 1.78 bits per heavy atom. The molecule has 9 nitrogen and oxygen atoms in total. The molecular weight excluding hydrogens is 348 g/mol. The molecule has 0 saturated carbocycles. The van der Waals surface area contributed by atoms with Crippen molar-refractivity contribution in [2.24, 2.45) is 0 Å². The SMILES string of the molecule is COC(=O)NCCCNc1cc(C)nc(NC(=O)Nc2ccc(C)cc2)n1. The van der Waals surface area contributed by atoms with E-state index in [2.05, 4.69) is 36.0 Å². The summed E-state index contributed by atoms with van der Waals surface area (Å²) < 4.78 is 4.49. The van der Waals surface area contributed by atoms with Gasteiger partial charge in [-0.05, 0) is 32.4 Å². The van der Waals surface area contributed by atoms with Crippen LogP contribution in [-0.2, 0) is 4.74 Å². The second-order valence-electron chi connectivity index (χ2n) is 5.86. The number of amides is 3. The molecule has 9 heteroatoms. The highest BCUT2D eigenvalue weighted by Gasteiger charge is 2.07. The van der Waals surface area contributed by atoms with Crippen molar-refractivity contribution in [3.8, 4) is 0 Å². The first-order chi connectivity index (χ1) is 13.0. The number of nitrogens with zero attached hydrogens (tertiary/aromatic N) is 2. The topological polar surface area (TPSA) is 117 Å². The number of carbonyl (C=O) groups is 2. The summed E-state index contributed by atoms with van der Waals surface area (Å²) in [5, 5.41) is 11.1. The average Bonchev–Trinajstić information content (AvgIpc) is 2.62. The van der Waals surface area contributed by atoms with Gasteiger partial charge in [0.2, 0.25) is 5.95 Å². The van der Waals surface area contributed by atoms with E-state index in [4.69, 9.17) is 0 Å². The van der Waals surface area contributed by atoms with Crippen molar-refractivity contribution in [3.63, 3.8) is 0 Å². The largest absolute Gasteiger partial charge is 0.453 e. The van der Waals surface area contributed by atoms with E-state index < -0.39 is 12.1 Å². The maximum Gasteiger partial charge on any atom is 0.406 e. The molecule has 1 heterocycles. The second kappa shape index (κ2) is 9.95. The molecule has 3 amide bonds. The summed E-state index contributed by atoms with van der Waals surface area (Å²) in [7, 11) is 1.32. The zero-order valence-corrected chi connectivity index (χ0v) is 15.6. The Bertz CT molecular complexity index is 779. The lowest BCUT2D eigenvalue weighted by atomic mass is 10.2. The van der Waals surface area contributed by atoms with E-state index in [1.807, 2.05) is 38.1 Å². The highest BCUT2D eigenvalue weighted by Crippen LogP contribution is 2.12. The Morgan fingerprint density at radius 3 is 2.48 bits per heavy atom. The van der Waals surface area contributed by atoms with Crippen LogP contribution in [0.4, 0.5) is 27.0 Å². The third kappa shape index (κ3) is 7.18. The lowest BCUT2D eigenvalue weighted by Gasteiger charge is -2.10. The van der Waals surface area contributed by atoms with Crippen LogP contribution < -0.4 is 21.3 Å². The predicted molar refractivity (Wildman–Crippen MR) is 104 cm³/mol. The summed E-state index contributed by atoms with van der Waals surface area (Å²) in [5.74, 6) is 0.793. The van der Waals surface area contributed by atoms with Crippen LogP contribution in [0.25, 0.3) is 0 Å². The van der Waals surface area contributed by atoms with Gasteiger partial charge in [-0.15, -0.1) is 0 Å². The summed E-state index contributed by atoms with van der Waals surface area (Å²) in [6.07, 6.45) is 0.230. The smallest absolute Gasteiger partial charge is 0.406 e. The van der Waals surface area contributed by atoms with Gasteiger partial charge in [0.15, 0.2) is 0 Å². The molecule has 2 aromatic rings. The van der Waals surface area contributed by atoms with Crippen LogP contribution in [0.3, 0.4) is 0 Å². The number of aromatic nitrogens is 2. The lowest BCUT2D eigenvalue weighted by molar-refractivity contribution is 0.171. The van der Waals surface area contributed by atoms with Gasteiger partial charge in [0, 0.05) is 30.5 Å². The zero-order valence-electron chi connectivity index (χ0n) is 15.6. The molecule has 27 heavy (non-hydrogen) atoms. The molecule has 0 spiro atoms. The molecule has 2 rings (SSSR count). The first kappa shape index (κ1) is 20.0. The monoisotopic (exact) mass is 372 g/mol. The summed E-state index contributed by atoms with van der Waals surface area (Å²) >= 11 is 0. The number of methoxy groups -OCH3 is 1. The molecule has 0 bridgehead atoms.